The summed E-state index contributed by atoms with van der Waals surface area (Å²) in [7, 11) is -0.854. The van der Waals surface area contributed by atoms with Gasteiger partial charge >= 0.3 is 5.97 Å². The van der Waals surface area contributed by atoms with Gasteiger partial charge in [0.2, 0.25) is 0 Å². The Balaban J connectivity index is 2.70. The van der Waals surface area contributed by atoms with Crippen molar-refractivity contribution in [2.45, 2.75) is 25.5 Å². The van der Waals surface area contributed by atoms with E-state index in [2.05, 4.69) is 10.3 Å². The zero-order chi connectivity index (χ0) is 15.1. The number of esters is 1. The Labute approximate surface area is 121 Å². The number of carbonyl (C=O) groups is 1. The van der Waals surface area contributed by atoms with E-state index in [0.717, 1.165) is 6.42 Å². The van der Waals surface area contributed by atoms with Gasteiger partial charge in [0.05, 0.1) is 17.9 Å². The summed E-state index contributed by atoms with van der Waals surface area (Å²) in [6, 6.07) is 1.53. The molecule has 1 rings (SSSR count). The predicted molar refractivity (Wildman–Crippen MR) is 81.2 cm³/mol. The first-order valence-electron chi connectivity index (χ1n) is 6.45. The number of ether oxygens (including phenoxy) is 1. The highest BCUT2D eigenvalue weighted by Gasteiger charge is 2.14. The molecule has 0 saturated heterocycles. The Hall–Kier alpha value is -1.63. The number of nitrogens with zero attached hydrogens (tertiary/aromatic N) is 1. The van der Waals surface area contributed by atoms with Crippen molar-refractivity contribution in [2.75, 3.05) is 30.5 Å². The molecule has 6 nitrogen and oxygen atoms in total. The maximum absolute atomic E-state index is 11.7. The van der Waals surface area contributed by atoms with Crippen molar-refractivity contribution < 1.29 is 13.7 Å². The van der Waals surface area contributed by atoms with Gasteiger partial charge in [0.15, 0.2) is 0 Å². The Morgan fingerprint density at radius 3 is 2.90 bits per heavy atom. The van der Waals surface area contributed by atoms with Gasteiger partial charge in [0, 0.05) is 35.0 Å². The SMILES string of the molecule is CCOC(=O)c1ccnc(NCCC(C)S(C)=O)c1N. The highest BCUT2D eigenvalue weighted by molar-refractivity contribution is 7.84. The predicted octanol–water partition coefficient (Wildman–Crippen LogP) is 1.41. The second kappa shape index (κ2) is 7.84. The standard InChI is InChI=1S/C13H21N3O3S/c1-4-19-13(17)10-6-8-16-12(11(10)14)15-7-5-9(2)20(3)18/h6,8-9H,4-5,7,14H2,1-3H3,(H,15,16). The summed E-state index contributed by atoms with van der Waals surface area (Å²) in [5.41, 5.74) is 6.48. The molecule has 2 atom stereocenters. The van der Waals surface area contributed by atoms with Crippen LogP contribution in [0, 0.1) is 0 Å². The Kier molecular flexibility index (Phi) is 6.44. The molecule has 7 heteroatoms. The Morgan fingerprint density at radius 1 is 1.60 bits per heavy atom. The molecule has 0 spiro atoms. The number of anilines is 2. The summed E-state index contributed by atoms with van der Waals surface area (Å²) in [6.45, 7) is 4.54. The largest absolute Gasteiger partial charge is 0.462 e. The first-order chi connectivity index (χ1) is 9.47. The molecule has 112 valence electrons. The second-order valence-electron chi connectivity index (χ2n) is 4.37. The van der Waals surface area contributed by atoms with Crippen molar-refractivity contribution in [3.8, 4) is 0 Å². The number of aromatic nitrogens is 1. The van der Waals surface area contributed by atoms with Gasteiger partial charge in [0.25, 0.3) is 0 Å². The zero-order valence-corrected chi connectivity index (χ0v) is 12.8. The summed E-state index contributed by atoms with van der Waals surface area (Å²) in [6.07, 6.45) is 3.92. The van der Waals surface area contributed by atoms with Gasteiger partial charge in [-0.2, -0.15) is 0 Å². The van der Waals surface area contributed by atoms with Crippen molar-refractivity contribution >= 4 is 28.3 Å². The lowest BCUT2D eigenvalue weighted by molar-refractivity contribution is 0.0527. The van der Waals surface area contributed by atoms with E-state index in [0.29, 0.717) is 24.5 Å². The van der Waals surface area contributed by atoms with Gasteiger partial charge in [-0.25, -0.2) is 9.78 Å². The van der Waals surface area contributed by atoms with Crippen LogP contribution in [0.3, 0.4) is 0 Å². The number of rotatable bonds is 7. The molecular formula is C13H21N3O3S. The lowest BCUT2D eigenvalue weighted by Gasteiger charge is -2.13. The molecule has 0 fully saturated rings. The number of hydrogen-bond acceptors (Lipinski definition) is 6. The smallest absolute Gasteiger partial charge is 0.340 e. The first kappa shape index (κ1) is 16.4. The lowest BCUT2D eigenvalue weighted by Crippen LogP contribution is -2.17. The minimum absolute atomic E-state index is 0.0944. The number of nitrogens with one attached hydrogen (secondary N) is 1. The van der Waals surface area contributed by atoms with Crippen molar-refractivity contribution in [2.24, 2.45) is 0 Å². The molecule has 0 radical (unpaired) electrons. The van der Waals surface area contributed by atoms with Crippen LogP contribution in [0.25, 0.3) is 0 Å². The zero-order valence-electron chi connectivity index (χ0n) is 12.0. The molecule has 2 unspecified atom stereocenters. The van der Waals surface area contributed by atoms with Crippen LogP contribution in [-0.4, -0.2) is 39.8 Å². The van der Waals surface area contributed by atoms with E-state index in [1.807, 2.05) is 6.92 Å². The minimum atomic E-state index is -0.854. The molecule has 1 heterocycles. The number of nitrogens with two attached hydrogens (primary N) is 1. The van der Waals surface area contributed by atoms with E-state index in [1.165, 1.54) is 12.3 Å². The fourth-order valence-corrected chi connectivity index (χ4v) is 2.01. The summed E-state index contributed by atoms with van der Waals surface area (Å²) < 4.78 is 16.2. The van der Waals surface area contributed by atoms with Gasteiger partial charge in [-0.05, 0) is 19.4 Å². The molecule has 0 aromatic carbocycles. The van der Waals surface area contributed by atoms with Crippen LogP contribution in [0.5, 0.6) is 0 Å². The van der Waals surface area contributed by atoms with Crippen LogP contribution in [0.2, 0.25) is 0 Å². The first-order valence-corrected chi connectivity index (χ1v) is 8.07. The van der Waals surface area contributed by atoms with E-state index in [1.54, 1.807) is 13.2 Å². The van der Waals surface area contributed by atoms with Crippen LogP contribution < -0.4 is 11.1 Å². The fourth-order valence-electron chi connectivity index (χ4n) is 1.56. The number of carbonyl (C=O) groups excluding carboxylic acids is 1. The Bertz CT molecular complexity index is 494. The molecule has 0 aliphatic rings. The molecule has 20 heavy (non-hydrogen) atoms. The highest BCUT2D eigenvalue weighted by Crippen LogP contribution is 2.20. The normalized spacial score (nSPS) is 13.6. The van der Waals surface area contributed by atoms with Gasteiger partial charge in [0.1, 0.15) is 5.82 Å². The molecule has 0 bridgehead atoms. The van der Waals surface area contributed by atoms with E-state index < -0.39 is 16.8 Å². The maximum atomic E-state index is 11.7. The van der Waals surface area contributed by atoms with Crippen LogP contribution >= 0.6 is 0 Å². The molecule has 1 aromatic heterocycles. The molecule has 0 aliphatic heterocycles. The van der Waals surface area contributed by atoms with Gasteiger partial charge in [-0.3, -0.25) is 4.21 Å². The van der Waals surface area contributed by atoms with Gasteiger partial charge in [-0.15, -0.1) is 0 Å². The number of hydrogen-bond donors (Lipinski definition) is 2. The van der Waals surface area contributed by atoms with Crippen molar-refractivity contribution in [3.63, 3.8) is 0 Å². The second-order valence-corrected chi connectivity index (χ2v) is 6.17. The third-order valence-corrected chi connectivity index (χ3v) is 4.26. The molecule has 0 saturated carbocycles. The van der Waals surface area contributed by atoms with Gasteiger partial charge in [-0.1, -0.05) is 6.92 Å². The maximum Gasteiger partial charge on any atom is 0.340 e. The summed E-state index contributed by atoms with van der Waals surface area (Å²) >= 11 is 0. The van der Waals surface area contributed by atoms with E-state index >= 15 is 0 Å². The highest BCUT2D eigenvalue weighted by atomic mass is 32.2. The third kappa shape index (κ3) is 4.48. The minimum Gasteiger partial charge on any atom is -0.462 e. The third-order valence-electron chi connectivity index (χ3n) is 2.90. The number of nitrogen functional groups attached to an aromatic ring is 1. The van der Waals surface area contributed by atoms with E-state index in [9.17, 15) is 9.00 Å². The van der Waals surface area contributed by atoms with E-state index in [-0.39, 0.29) is 10.9 Å². The molecule has 0 amide bonds. The monoisotopic (exact) mass is 299 g/mol. The lowest BCUT2D eigenvalue weighted by atomic mass is 10.2. The molecule has 1 aromatic rings. The van der Waals surface area contributed by atoms with Crippen molar-refractivity contribution in [1.29, 1.82) is 0 Å². The fraction of sp³-hybridized carbons (Fsp3) is 0.538. The van der Waals surface area contributed by atoms with Crippen molar-refractivity contribution in [1.82, 2.24) is 4.98 Å². The summed E-state index contributed by atoms with van der Waals surface area (Å²) in [5, 5.41) is 3.15. The van der Waals surface area contributed by atoms with Crippen LogP contribution in [0.15, 0.2) is 12.3 Å². The molecule has 0 aliphatic carbocycles. The summed E-state index contributed by atoms with van der Waals surface area (Å²) in [4.78, 5) is 15.8. The van der Waals surface area contributed by atoms with Crippen LogP contribution in [0.4, 0.5) is 11.5 Å². The average Bonchev–Trinajstić information content (AvgIpc) is 2.40. The molecular weight excluding hydrogens is 278 g/mol. The topological polar surface area (TPSA) is 94.3 Å². The van der Waals surface area contributed by atoms with Crippen LogP contribution in [0.1, 0.15) is 30.6 Å². The average molecular weight is 299 g/mol. The quantitative estimate of drug-likeness (QED) is 0.739. The Morgan fingerprint density at radius 2 is 2.30 bits per heavy atom. The molecule has 3 N–H and O–H groups in total. The van der Waals surface area contributed by atoms with E-state index in [4.69, 9.17) is 10.5 Å². The van der Waals surface area contributed by atoms with Crippen molar-refractivity contribution in [3.05, 3.63) is 17.8 Å². The van der Waals surface area contributed by atoms with Crippen LogP contribution in [-0.2, 0) is 15.5 Å². The summed E-state index contributed by atoms with van der Waals surface area (Å²) in [5.74, 6) is -0.0110. The number of pyridine rings is 1. The van der Waals surface area contributed by atoms with Gasteiger partial charge < -0.3 is 15.8 Å².